The molecular weight excluding hydrogens is 454 g/mol. The van der Waals surface area contributed by atoms with E-state index in [4.69, 9.17) is 20.2 Å². The molecule has 1 amide bonds. The fraction of sp³-hybridized carbons (Fsp3) is 0.409. The molecule has 2 aromatic carbocycles. The van der Waals surface area contributed by atoms with Crippen molar-refractivity contribution in [1.29, 1.82) is 0 Å². The first kappa shape index (κ1) is 25.2. The Morgan fingerprint density at radius 1 is 1.06 bits per heavy atom. The van der Waals surface area contributed by atoms with Gasteiger partial charge in [0.15, 0.2) is 0 Å². The molecule has 0 aromatic heterocycles. The van der Waals surface area contributed by atoms with Gasteiger partial charge in [-0.15, -0.1) is 11.6 Å². The van der Waals surface area contributed by atoms with Gasteiger partial charge in [-0.1, -0.05) is 26.8 Å². The number of benzene rings is 2. The molecule has 6 nitrogen and oxygen atoms in total. The highest BCUT2D eigenvalue weighted by Gasteiger charge is 2.38. The predicted molar refractivity (Wildman–Crippen MR) is 127 cm³/mol. The molecule has 0 aliphatic rings. The first-order valence-corrected chi connectivity index (χ1v) is 14.9. The predicted octanol–water partition coefficient (Wildman–Crippen LogP) is 5.80. The van der Waals surface area contributed by atoms with E-state index >= 15 is 0 Å². The van der Waals surface area contributed by atoms with Crippen LogP contribution in [0.25, 0.3) is 0 Å². The van der Waals surface area contributed by atoms with Crippen molar-refractivity contribution in [1.82, 2.24) is 0 Å². The lowest BCUT2D eigenvalue weighted by molar-refractivity contribution is -0.116. The van der Waals surface area contributed by atoms with Crippen LogP contribution in [0.15, 0.2) is 53.4 Å². The highest BCUT2D eigenvalue weighted by atomic mass is 35.5. The molecule has 0 heterocycles. The lowest BCUT2D eigenvalue weighted by atomic mass is 10.2. The lowest BCUT2D eigenvalue weighted by Crippen LogP contribution is -2.43. The van der Waals surface area contributed by atoms with Gasteiger partial charge in [-0.3, -0.25) is 4.79 Å². The largest absolute Gasteiger partial charge is 0.543 e. The number of amides is 1. The van der Waals surface area contributed by atoms with E-state index in [0.717, 1.165) is 0 Å². The second-order valence-electron chi connectivity index (χ2n) is 8.74. The fourth-order valence-corrected chi connectivity index (χ4v) is 4.51. The molecule has 1 N–H and O–H groups in total. The molecule has 0 spiro atoms. The standard InChI is InChI=1S/C22H30ClNO5SSi/c1-22(2,3)31(4,5)29-19-13-11-18(12-14-19)28-30(26,27)20-9-6-8-17(16-20)24-21(25)10-7-15-23/h6,8-9,11-14,16H,7,10,15H2,1-5H3,(H,24,25). The maximum absolute atomic E-state index is 12.7. The van der Waals surface area contributed by atoms with E-state index in [0.29, 0.717) is 23.7 Å². The molecule has 0 unspecified atom stereocenters. The molecule has 0 radical (unpaired) electrons. The Balaban J connectivity index is 2.10. The van der Waals surface area contributed by atoms with Gasteiger partial charge in [-0.2, -0.15) is 8.42 Å². The monoisotopic (exact) mass is 483 g/mol. The summed E-state index contributed by atoms with van der Waals surface area (Å²) in [6, 6.07) is 12.5. The van der Waals surface area contributed by atoms with Crippen molar-refractivity contribution in [3.8, 4) is 11.5 Å². The SMILES string of the molecule is CC(C)(C)[Si](C)(C)Oc1ccc(OS(=O)(=O)c2cccc(NC(=O)CCCCl)c2)cc1. The highest BCUT2D eigenvalue weighted by molar-refractivity contribution is 7.87. The second kappa shape index (κ2) is 10.1. The molecule has 0 aliphatic carbocycles. The van der Waals surface area contributed by atoms with E-state index in [1.54, 1.807) is 36.4 Å². The van der Waals surface area contributed by atoms with Gasteiger partial charge < -0.3 is 13.9 Å². The number of anilines is 1. The minimum Gasteiger partial charge on any atom is -0.543 e. The summed E-state index contributed by atoms with van der Waals surface area (Å²) in [6.45, 7) is 10.7. The number of carbonyl (C=O) groups is 1. The molecule has 0 bridgehead atoms. The number of rotatable bonds is 9. The van der Waals surface area contributed by atoms with Gasteiger partial charge in [0.2, 0.25) is 14.2 Å². The van der Waals surface area contributed by atoms with Crippen molar-refractivity contribution < 1.29 is 21.8 Å². The molecule has 170 valence electrons. The molecule has 0 saturated carbocycles. The van der Waals surface area contributed by atoms with Crippen LogP contribution in [0.4, 0.5) is 5.69 Å². The van der Waals surface area contributed by atoms with Gasteiger partial charge in [-0.25, -0.2) is 0 Å². The van der Waals surface area contributed by atoms with E-state index in [2.05, 4.69) is 39.2 Å². The molecular formula is C22H30ClNO5SSi. The second-order valence-corrected chi connectivity index (χ2v) is 15.4. The van der Waals surface area contributed by atoms with Crippen molar-refractivity contribution in [3.63, 3.8) is 0 Å². The molecule has 2 aromatic rings. The topological polar surface area (TPSA) is 81.7 Å². The summed E-state index contributed by atoms with van der Waals surface area (Å²) in [6.07, 6.45) is 0.809. The summed E-state index contributed by atoms with van der Waals surface area (Å²) in [5.41, 5.74) is 0.377. The average Bonchev–Trinajstić information content (AvgIpc) is 2.67. The van der Waals surface area contributed by atoms with Gasteiger partial charge in [0, 0.05) is 18.0 Å². The van der Waals surface area contributed by atoms with E-state index in [-0.39, 0.29) is 28.0 Å². The van der Waals surface area contributed by atoms with E-state index in [9.17, 15) is 13.2 Å². The molecule has 0 fully saturated rings. The minimum atomic E-state index is -4.06. The number of hydrogen-bond donors (Lipinski definition) is 1. The Morgan fingerprint density at radius 3 is 2.26 bits per heavy atom. The number of hydrogen-bond acceptors (Lipinski definition) is 5. The van der Waals surface area contributed by atoms with Gasteiger partial charge in [0.1, 0.15) is 16.4 Å². The zero-order valence-corrected chi connectivity index (χ0v) is 21.1. The summed E-state index contributed by atoms with van der Waals surface area (Å²) in [7, 11) is -6.06. The Kier molecular flexibility index (Phi) is 8.19. The minimum absolute atomic E-state index is 0.0515. The van der Waals surface area contributed by atoms with E-state index in [1.807, 2.05) is 0 Å². The molecule has 0 aliphatic heterocycles. The average molecular weight is 484 g/mol. The van der Waals surface area contributed by atoms with Gasteiger partial charge in [0.05, 0.1) is 0 Å². The molecule has 31 heavy (non-hydrogen) atoms. The van der Waals surface area contributed by atoms with Crippen molar-refractivity contribution in [2.75, 3.05) is 11.2 Å². The summed E-state index contributed by atoms with van der Waals surface area (Å²) in [5, 5.41) is 2.72. The van der Waals surface area contributed by atoms with Crippen LogP contribution in [-0.4, -0.2) is 28.5 Å². The van der Waals surface area contributed by atoms with Gasteiger partial charge in [0.25, 0.3) is 0 Å². The van der Waals surface area contributed by atoms with Gasteiger partial charge >= 0.3 is 10.1 Å². The summed E-state index contributed by atoms with van der Waals surface area (Å²) < 4.78 is 36.8. The van der Waals surface area contributed by atoms with E-state index in [1.165, 1.54) is 12.1 Å². The fourth-order valence-electron chi connectivity index (χ4n) is 2.37. The summed E-state index contributed by atoms with van der Waals surface area (Å²) in [4.78, 5) is 11.8. The van der Waals surface area contributed by atoms with E-state index < -0.39 is 18.4 Å². The Bertz CT molecular complexity index is 1000. The Morgan fingerprint density at radius 2 is 1.68 bits per heavy atom. The molecule has 0 atom stereocenters. The first-order chi connectivity index (χ1) is 14.3. The van der Waals surface area contributed by atoms with Crippen LogP contribution >= 0.6 is 11.6 Å². The van der Waals surface area contributed by atoms with Crippen LogP contribution in [0.3, 0.4) is 0 Å². The number of nitrogens with one attached hydrogen (secondary N) is 1. The number of carbonyl (C=O) groups excluding carboxylic acids is 1. The quantitative estimate of drug-likeness (QED) is 0.277. The van der Waals surface area contributed by atoms with Crippen molar-refractivity contribution in [3.05, 3.63) is 48.5 Å². The zero-order valence-electron chi connectivity index (χ0n) is 18.6. The molecule has 2 rings (SSSR count). The maximum atomic E-state index is 12.7. The third kappa shape index (κ3) is 7.26. The number of alkyl halides is 1. The lowest BCUT2D eigenvalue weighted by Gasteiger charge is -2.36. The van der Waals surface area contributed by atoms with Crippen molar-refractivity contribution >= 4 is 41.6 Å². The highest BCUT2D eigenvalue weighted by Crippen LogP contribution is 2.37. The number of halogens is 1. The Hall–Kier alpha value is -2.03. The smallest absolute Gasteiger partial charge is 0.339 e. The summed E-state index contributed by atoms with van der Waals surface area (Å²) >= 11 is 5.59. The third-order valence-electron chi connectivity index (χ3n) is 5.15. The summed E-state index contributed by atoms with van der Waals surface area (Å²) in [5.74, 6) is 1.01. The van der Waals surface area contributed by atoms with Crippen LogP contribution in [0.5, 0.6) is 11.5 Å². The van der Waals surface area contributed by atoms with Crippen LogP contribution in [0, 0.1) is 0 Å². The van der Waals surface area contributed by atoms with Crippen LogP contribution in [-0.2, 0) is 14.9 Å². The zero-order chi connectivity index (χ0) is 23.3. The Labute approximate surface area is 191 Å². The van der Waals surface area contributed by atoms with Crippen LogP contribution in [0.2, 0.25) is 18.1 Å². The normalized spacial score (nSPS) is 12.3. The van der Waals surface area contributed by atoms with Crippen LogP contribution < -0.4 is 13.9 Å². The first-order valence-electron chi connectivity index (χ1n) is 10.0. The molecule has 0 saturated heterocycles. The maximum Gasteiger partial charge on any atom is 0.339 e. The van der Waals surface area contributed by atoms with Crippen molar-refractivity contribution in [2.24, 2.45) is 0 Å². The van der Waals surface area contributed by atoms with Gasteiger partial charge in [-0.05, 0) is 67.0 Å². The van der Waals surface area contributed by atoms with Crippen LogP contribution in [0.1, 0.15) is 33.6 Å². The van der Waals surface area contributed by atoms with Crippen molar-refractivity contribution in [2.45, 2.75) is 56.6 Å². The third-order valence-corrected chi connectivity index (χ3v) is 11.0. The molecule has 9 heteroatoms.